The van der Waals surface area contributed by atoms with Crippen molar-refractivity contribution in [2.45, 2.75) is 17.2 Å². The molecule has 0 spiro atoms. The number of nitrogens with one attached hydrogen (secondary N) is 1. The summed E-state index contributed by atoms with van der Waals surface area (Å²) in [6.07, 6.45) is 0. The molecule has 0 radical (unpaired) electrons. The van der Waals surface area contributed by atoms with Gasteiger partial charge in [0.15, 0.2) is 0 Å². The molecule has 32 heavy (non-hydrogen) atoms. The van der Waals surface area contributed by atoms with E-state index in [-0.39, 0.29) is 38.2 Å². The fourth-order valence-corrected chi connectivity index (χ4v) is 4.68. The van der Waals surface area contributed by atoms with Crippen molar-refractivity contribution in [2.75, 3.05) is 11.1 Å². The number of anilines is 2. The first-order valence-corrected chi connectivity index (χ1v) is 11.1. The molecule has 8 nitrogen and oxygen atoms in total. The van der Waals surface area contributed by atoms with Crippen LogP contribution >= 0.6 is 34.7 Å². The first kappa shape index (κ1) is 23.1. The van der Waals surface area contributed by atoms with Gasteiger partial charge in [-0.3, -0.25) is 4.79 Å². The van der Waals surface area contributed by atoms with Crippen molar-refractivity contribution in [3.05, 3.63) is 57.4 Å². The summed E-state index contributed by atoms with van der Waals surface area (Å²) in [5, 5.41) is 32.5. The lowest BCUT2D eigenvalue weighted by molar-refractivity contribution is -0.115. The lowest BCUT2D eigenvalue weighted by Gasteiger charge is -2.15. The second kappa shape index (κ2) is 9.71. The molecular formula is C21H14ClN5O3S2. The smallest absolute Gasteiger partial charge is 0.337 e. The Morgan fingerprint density at radius 1 is 1.28 bits per heavy atom. The molecule has 1 aromatic carbocycles. The van der Waals surface area contributed by atoms with E-state index in [0.717, 1.165) is 11.8 Å². The maximum atomic E-state index is 12.7. The van der Waals surface area contributed by atoms with Gasteiger partial charge in [-0.1, -0.05) is 29.4 Å². The van der Waals surface area contributed by atoms with E-state index in [1.54, 1.807) is 19.1 Å². The van der Waals surface area contributed by atoms with Crippen LogP contribution in [0.25, 0.3) is 10.4 Å². The normalized spacial score (nSPS) is 11.2. The number of pyridine rings is 1. The van der Waals surface area contributed by atoms with Crippen LogP contribution in [0.5, 0.6) is 0 Å². The van der Waals surface area contributed by atoms with Gasteiger partial charge in [0.1, 0.15) is 28.5 Å². The highest BCUT2D eigenvalue weighted by molar-refractivity contribution is 8.00. The number of carboxylic acid groups (broad SMARTS) is 1. The summed E-state index contributed by atoms with van der Waals surface area (Å²) in [6, 6.07) is 11.8. The number of aromatic nitrogens is 1. The van der Waals surface area contributed by atoms with E-state index in [1.165, 1.54) is 29.5 Å². The minimum Gasteiger partial charge on any atom is -0.478 e. The predicted molar refractivity (Wildman–Crippen MR) is 124 cm³/mol. The maximum absolute atomic E-state index is 12.7. The van der Waals surface area contributed by atoms with Crippen molar-refractivity contribution < 1.29 is 14.7 Å². The number of hydrogen-bond donors (Lipinski definition) is 3. The number of carboxylic acids is 1. The van der Waals surface area contributed by atoms with Gasteiger partial charge >= 0.3 is 5.97 Å². The summed E-state index contributed by atoms with van der Waals surface area (Å²) in [7, 11) is 0. The fraction of sp³-hybridized carbons (Fsp3) is 0.0952. The van der Waals surface area contributed by atoms with Crippen LogP contribution in [0.3, 0.4) is 0 Å². The van der Waals surface area contributed by atoms with E-state index in [0.29, 0.717) is 10.4 Å². The highest BCUT2D eigenvalue weighted by Crippen LogP contribution is 2.38. The standard InChI is InChI=1S/C21H14ClN5O3S2/c1-10(19(28)26-11-4-5-15(22)12(7-11)21(29)30)32-20-14(9-24)17(16-3-2-6-31-16)13(8-23)18(25)27-20/h2-7,10H,1H3,(H2,25,27)(H,26,28)(H,29,30). The summed E-state index contributed by atoms with van der Waals surface area (Å²) in [4.78, 5) is 28.8. The zero-order valence-electron chi connectivity index (χ0n) is 16.4. The Kier molecular flexibility index (Phi) is 7.01. The zero-order chi connectivity index (χ0) is 23.4. The highest BCUT2D eigenvalue weighted by atomic mass is 35.5. The van der Waals surface area contributed by atoms with Crippen LogP contribution in [0, 0.1) is 22.7 Å². The molecule has 2 heterocycles. The molecule has 4 N–H and O–H groups in total. The Bertz CT molecular complexity index is 1300. The molecule has 160 valence electrons. The minimum absolute atomic E-state index is 0.0335. The van der Waals surface area contributed by atoms with Gasteiger partial charge in [-0.05, 0) is 36.6 Å². The SMILES string of the molecule is CC(Sc1nc(N)c(C#N)c(-c2cccs2)c1C#N)C(=O)Nc1ccc(Cl)c(C(=O)O)c1. The third kappa shape index (κ3) is 4.68. The van der Waals surface area contributed by atoms with Crippen molar-refractivity contribution in [2.24, 2.45) is 0 Å². The van der Waals surface area contributed by atoms with E-state index < -0.39 is 17.1 Å². The fourth-order valence-electron chi connectivity index (χ4n) is 2.78. The van der Waals surface area contributed by atoms with Gasteiger partial charge in [-0.2, -0.15) is 10.5 Å². The van der Waals surface area contributed by atoms with Gasteiger partial charge in [-0.25, -0.2) is 9.78 Å². The number of nitrogens with zero attached hydrogens (tertiary/aromatic N) is 3. The number of halogens is 1. The van der Waals surface area contributed by atoms with Crippen LogP contribution in [0.1, 0.15) is 28.4 Å². The first-order chi connectivity index (χ1) is 15.3. The van der Waals surface area contributed by atoms with E-state index >= 15 is 0 Å². The number of carbonyl (C=O) groups excluding carboxylic acids is 1. The molecule has 1 unspecified atom stereocenters. The number of thiophene rings is 1. The Morgan fingerprint density at radius 3 is 2.59 bits per heavy atom. The summed E-state index contributed by atoms with van der Waals surface area (Å²) < 4.78 is 0. The molecule has 3 rings (SSSR count). The van der Waals surface area contributed by atoms with Crippen molar-refractivity contribution >= 4 is 58.1 Å². The van der Waals surface area contributed by atoms with Gasteiger partial charge in [0.05, 0.1) is 21.4 Å². The topological polar surface area (TPSA) is 153 Å². The lowest BCUT2D eigenvalue weighted by Crippen LogP contribution is -2.23. The van der Waals surface area contributed by atoms with Gasteiger partial charge < -0.3 is 16.2 Å². The van der Waals surface area contributed by atoms with Crippen LogP contribution in [0.2, 0.25) is 5.02 Å². The van der Waals surface area contributed by atoms with E-state index in [1.807, 2.05) is 11.4 Å². The number of carbonyl (C=O) groups is 2. The second-order valence-corrected chi connectivity index (χ2v) is 9.06. The number of benzene rings is 1. The molecule has 0 saturated heterocycles. The average molecular weight is 484 g/mol. The van der Waals surface area contributed by atoms with E-state index in [9.17, 15) is 25.2 Å². The van der Waals surface area contributed by atoms with Crippen LogP contribution < -0.4 is 11.1 Å². The first-order valence-electron chi connectivity index (χ1n) is 8.94. The molecule has 0 saturated carbocycles. The van der Waals surface area contributed by atoms with Crippen molar-refractivity contribution in [1.82, 2.24) is 4.98 Å². The lowest BCUT2D eigenvalue weighted by atomic mass is 10.0. The molecule has 0 bridgehead atoms. The van der Waals surface area contributed by atoms with Crippen LogP contribution in [0.15, 0.2) is 40.7 Å². The molecule has 11 heteroatoms. The molecule has 0 aliphatic carbocycles. The van der Waals surface area contributed by atoms with Gasteiger partial charge in [0, 0.05) is 16.1 Å². The quantitative estimate of drug-likeness (QED) is 0.429. The molecular weight excluding hydrogens is 470 g/mol. The van der Waals surface area contributed by atoms with Gasteiger partial charge in [0.2, 0.25) is 5.91 Å². The Morgan fingerprint density at radius 2 is 2.00 bits per heavy atom. The summed E-state index contributed by atoms with van der Waals surface area (Å²) in [6.45, 7) is 1.61. The summed E-state index contributed by atoms with van der Waals surface area (Å²) in [5.74, 6) is -1.70. The van der Waals surface area contributed by atoms with Crippen molar-refractivity contribution in [3.63, 3.8) is 0 Å². The number of nitrogens with two attached hydrogens (primary N) is 1. The Balaban J connectivity index is 1.91. The Hall–Kier alpha value is -3.57. The predicted octanol–water partition coefficient (Wildman–Crippen LogP) is 4.61. The van der Waals surface area contributed by atoms with Gasteiger partial charge in [0.25, 0.3) is 0 Å². The van der Waals surface area contributed by atoms with Crippen LogP contribution in [0.4, 0.5) is 11.5 Å². The number of rotatable bonds is 6. The maximum Gasteiger partial charge on any atom is 0.337 e. The molecule has 3 aromatic rings. The molecule has 1 atom stereocenters. The number of hydrogen-bond acceptors (Lipinski definition) is 8. The minimum atomic E-state index is -1.22. The third-order valence-electron chi connectivity index (χ3n) is 4.31. The monoisotopic (exact) mass is 483 g/mol. The molecule has 2 aromatic heterocycles. The molecule has 0 aliphatic heterocycles. The van der Waals surface area contributed by atoms with E-state index in [2.05, 4.69) is 16.4 Å². The number of nitrogen functional groups attached to an aromatic ring is 1. The Labute approximate surface area is 196 Å². The number of aromatic carboxylic acids is 1. The van der Waals surface area contributed by atoms with Gasteiger partial charge in [-0.15, -0.1) is 11.3 Å². The van der Waals surface area contributed by atoms with Crippen molar-refractivity contribution in [3.8, 4) is 22.6 Å². The highest BCUT2D eigenvalue weighted by Gasteiger charge is 2.24. The van der Waals surface area contributed by atoms with E-state index in [4.69, 9.17) is 17.3 Å². The summed E-state index contributed by atoms with van der Waals surface area (Å²) >= 11 is 8.22. The zero-order valence-corrected chi connectivity index (χ0v) is 18.8. The molecule has 1 amide bonds. The molecule has 0 fully saturated rings. The number of nitriles is 2. The number of thioether (sulfide) groups is 1. The third-order valence-corrected chi connectivity index (χ3v) is 6.61. The van der Waals surface area contributed by atoms with Crippen LogP contribution in [-0.4, -0.2) is 27.2 Å². The average Bonchev–Trinajstić information content (AvgIpc) is 3.28. The van der Waals surface area contributed by atoms with Crippen molar-refractivity contribution in [1.29, 1.82) is 10.5 Å². The molecule has 0 aliphatic rings. The number of amides is 1. The summed E-state index contributed by atoms with van der Waals surface area (Å²) in [5.41, 5.74) is 6.74. The largest absolute Gasteiger partial charge is 0.478 e. The second-order valence-electron chi connectivity index (χ2n) is 6.38. The van der Waals surface area contributed by atoms with Crippen LogP contribution in [-0.2, 0) is 4.79 Å².